The number of hydrogen-bond acceptors (Lipinski definition) is 7. The molecule has 1 aliphatic carbocycles. The Morgan fingerprint density at radius 1 is 0.615 bits per heavy atom. The Kier molecular flexibility index (Phi) is 7.47. The molecule has 7 nitrogen and oxygen atoms in total. The predicted molar refractivity (Wildman–Crippen MR) is 113 cm³/mol. The van der Waals surface area contributed by atoms with Crippen LogP contribution in [-0.4, -0.2) is 5.71 Å². The average Bonchev–Trinajstić information content (AvgIpc) is 2.92. The van der Waals surface area contributed by atoms with Crippen molar-refractivity contribution in [2.75, 3.05) is 4.90 Å². The highest BCUT2D eigenvalue weighted by Crippen LogP contribution is 2.43. The second kappa shape index (κ2) is 10.6. The first-order valence-electron chi connectivity index (χ1n) is 9.74. The van der Waals surface area contributed by atoms with Crippen LogP contribution >= 0.6 is 0 Å². The fourth-order valence-electron chi connectivity index (χ4n) is 3.34. The summed E-state index contributed by atoms with van der Waals surface area (Å²) in [6, 6.07) is 4.48. The Bertz CT molecular complexity index is 1650. The highest BCUT2D eigenvalue weighted by Gasteiger charge is 2.38. The van der Waals surface area contributed by atoms with Gasteiger partial charge in [0.05, 0.1) is 11.4 Å². The molecule has 0 heterocycles. The van der Waals surface area contributed by atoms with Gasteiger partial charge in [-0.1, -0.05) is 6.08 Å². The molecule has 0 atom stereocenters. The third-order valence-electron chi connectivity index (χ3n) is 5.05. The predicted octanol–water partition coefficient (Wildman–Crippen LogP) is 5.40. The van der Waals surface area contributed by atoms with Crippen molar-refractivity contribution in [3.63, 3.8) is 0 Å². The van der Waals surface area contributed by atoms with E-state index in [0.717, 1.165) is 24.3 Å². The van der Waals surface area contributed by atoms with Crippen molar-refractivity contribution < 1.29 is 35.1 Å². The van der Waals surface area contributed by atoms with E-state index < -0.39 is 96.5 Å². The molecular formula is C24H3F8N7. The van der Waals surface area contributed by atoms with Crippen LogP contribution in [0.5, 0.6) is 0 Å². The summed E-state index contributed by atoms with van der Waals surface area (Å²) >= 11 is 0. The van der Waals surface area contributed by atoms with Crippen LogP contribution in [0.25, 0.3) is 0 Å². The van der Waals surface area contributed by atoms with Gasteiger partial charge >= 0.3 is 0 Å². The number of aliphatic imine (C=N–C) groups is 1. The van der Waals surface area contributed by atoms with Gasteiger partial charge in [-0.2, -0.15) is 31.3 Å². The van der Waals surface area contributed by atoms with E-state index in [1.165, 1.54) is 18.3 Å². The molecule has 2 aromatic carbocycles. The maximum absolute atomic E-state index is 15.2. The molecule has 190 valence electrons. The van der Waals surface area contributed by atoms with Gasteiger partial charge in [-0.05, 0) is 12.2 Å². The molecule has 0 saturated carbocycles. The number of benzene rings is 2. The lowest BCUT2D eigenvalue weighted by atomic mass is 9.98. The van der Waals surface area contributed by atoms with Crippen LogP contribution in [0.3, 0.4) is 0 Å². The fraction of sp³-hybridized carbons (Fsp3) is 0. The Morgan fingerprint density at radius 3 is 1.36 bits per heavy atom. The summed E-state index contributed by atoms with van der Waals surface area (Å²) in [5.41, 5.74) is -10.9. The lowest BCUT2D eigenvalue weighted by Crippen LogP contribution is -2.29. The molecule has 0 amide bonds. The maximum atomic E-state index is 15.2. The van der Waals surface area contributed by atoms with Crippen LogP contribution in [0, 0.1) is 103 Å². The molecule has 1 aliphatic rings. The summed E-state index contributed by atoms with van der Waals surface area (Å²) in [7, 11) is 0. The molecule has 0 fully saturated rings. The number of nitrogens with zero attached hydrogens (tertiary/aromatic N) is 7. The molecule has 39 heavy (non-hydrogen) atoms. The molecule has 2 aromatic rings. The third-order valence-corrected chi connectivity index (χ3v) is 5.05. The Labute approximate surface area is 212 Å². The van der Waals surface area contributed by atoms with E-state index >= 15 is 17.6 Å². The standard InChI is InChI=1S/C24H3F8N7/c25-15-11(6-35)16(26)20(30)23(19(15)29)39(24-21(31)17(27)12(7-36)18(28)22(24)32)14-3-9(10(4-33)5-34)1-2-13(14)38-8-37/h1-3H/b38-13+. The molecule has 0 aromatic heterocycles. The van der Waals surface area contributed by atoms with Gasteiger partial charge in [-0.3, -0.25) is 4.90 Å². The highest BCUT2D eigenvalue weighted by atomic mass is 19.2. The summed E-state index contributed by atoms with van der Waals surface area (Å²) in [4.78, 5) is 2.77. The van der Waals surface area contributed by atoms with Gasteiger partial charge in [0.25, 0.3) is 0 Å². The zero-order chi connectivity index (χ0) is 29.2. The van der Waals surface area contributed by atoms with E-state index in [1.807, 2.05) is 0 Å². The van der Waals surface area contributed by atoms with Crippen molar-refractivity contribution in [2.24, 2.45) is 4.99 Å². The normalized spacial score (nSPS) is 13.1. The maximum Gasteiger partial charge on any atom is 0.206 e. The van der Waals surface area contributed by atoms with Crippen molar-refractivity contribution in [3.05, 3.63) is 92.7 Å². The van der Waals surface area contributed by atoms with Crippen LogP contribution in [0.15, 0.2) is 40.1 Å². The summed E-state index contributed by atoms with van der Waals surface area (Å²) < 4.78 is 119. The van der Waals surface area contributed by atoms with Gasteiger partial charge in [0.2, 0.25) is 6.19 Å². The van der Waals surface area contributed by atoms with Crippen molar-refractivity contribution in [2.45, 2.75) is 0 Å². The zero-order valence-electron chi connectivity index (χ0n) is 18.4. The Hall–Kier alpha value is -5.98. The van der Waals surface area contributed by atoms with Crippen molar-refractivity contribution >= 4 is 17.1 Å². The molecule has 0 radical (unpaired) electrons. The highest BCUT2D eigenvalue weighted by molar-refractivity contribution is 6.14. The van der Waals surface area contributed by atoms with Crippen LogP contribution in [0.4, 0.5) is 46.5 Å². The van der Waals surface area contributed by atoms with E-state index in [4.69, 9.17) is 26.3 Å². The largest absolute Gasteiger partial charge is 0.297 e. The number of allylic oxidation sites excluding steroid dienone is 5. The van der Waals surface area contributed by atoms with Crippen LogP contribution in [0.1, 0.15) is 11.1 Å². The molecule has 3 rings (SSSR count). The minimum absolute atomic E-state index is 0.456. The van der Waals surface area contributed by atoms with E-state index in [9.17, 15) is 17.6 Å². The van der Waals surface area contributed by atoms with Gasteiger partial charge in [0, 0.05) is 5.57 Å². The van der Waals surface area contributed by atoms with Gasteiger partial charge in [-0.25, -0.2) is 35.1 Å². The van der Waals surface area contributed by atoms with Gasteiger partial charge in [0.15, 0.2) is 46.5 Å². The molecule has 0 spiro atoms. The van der Waals surface area contributed by atoms with Crippen LogP contribution < -0.4 is 4.90 Å². The summed E-state index contributed by atoms with van der Waals surface area (Å²) in [6.45, 7) is 0. The first-order valence-corrected chi connectivity index (χ1v) is 9.74. The molecule has 0 unspecified atom stereocenters. The van der Waals surface area contributed by atoms with Crippen LogP contribution in [-0.2, 0) is 0 Å². The number of halogens is 8. The van der Waals surface area contributed by atoms with E-state index in [2.05, 4.69) is 4.99 Å². The summed E-state index contributed by atoms with van der Waals surface area (Å²) in [5, 5.41) is 45.0. The number of hydrogen-bond donors (Lipinski definition) is 0. The van der Waals surface area contributed by atoms with Crippen molar-refractivity contribution in [1.82, 2.24) is 0 Å². The number of anilines is 2. The monoisotopic (exact) mass is 541 g/mol. The van der Waals surface area contributed by atoms with Gasteiger partial charge in [-0.15, -0.1) is 0 Å². The zero-order valence-corrected chi connectivity index (χ0v) is 18.4. The second-order valence-corrected chi connectivity index (χ2v) is 7.03. The van der Waals surface area contributed by atoms with Crippen molar-refractivity contribution in [1.29, 1.82) is 26.3 Å². The first-order chi connectivity index (χ1) is 18.5. The topological polar surface area (TPSA) is 135 Å². The van der Waals surface area contributed by atoms with Gasteiger partial charge in [0.1, 0.15) is 52.4 Å². The lowest BCUT2D eigenvalue weighted by Gasteiger charge is -2.30. The fourth-order valence-corrected chi connectivity index (χ4v) is 3.34. The molecule has 0 saturated heterocycles. The molecule has 0 bridgehead atoms. The van der Waals surface area contributed by atoms with E-state index in [-0.39, 0.29) is 0 Å². The second-order valence-electron chi connectivity index (χ2n) is 7.03. The number of rotatable bonds is 3. The Morgan fingerprint density at radius 2 is 1.03 bits per heavy atom. The van der Waals surface area contributed by atoms with E-state index in [1.54, 1.807) is 0 Å². The first kappa shape index (κ1) is 27.6. The average molecular weight is 541 g/mol. The van der Waals surface area contributed by atoms with E-state index in [0.29, 0.717) is 6.08 Å². The molecule has 0 aliphatic heterocycles. The molecule has 15 heteroatoms. The van der Waals surface area contributed by atoms with Crippen LogP contribution in [0.2, 0.25) is 0 Å². The third kappa shape index (κ3) is 4.29. The minimum atomic E-state index is -2.49. The van der Waals surface area contributed by atoms with Crippen molar-refractivity contribution in [3.8, 4) is 30.5 Å². The summed E-state index contributed by atoms with van der Waals surface area (Å²) in [6.07, 6.45) is 3.43. The molecule has 0 N–H and O–H groups in total. The summed E-state index contributed by atoms with van der Waals surface area (Å²) in [5.74, 6) is -19.5. The van der Waals surface area contributed by atoms with Gasteiger partial charge < -0.3 is 0 Å². The smallest absolute Gasteiger partial charge is 0.206 e. The Balaban J connectivity index is 2.68. The SMILES string of the molecule is N#C/N=C1\C=CC(=C(C#N)C#N)C=C1N(c1c(F)c(F)c(C#N)c(F)c1F)c1c(F)c(F)c(C#N)c(F)c1F. The molecular weight excluding hydrogens is 538 g/mol. The number of nitriles is 5. The minimum Gasteiger partial charge on any atom is -0.297 e. The lowest BCUT2D eigenvalue weighted by molar-refractivity contribution is 0.443. The quantitative estimate of drug-likeness (QED) is 0.221.